The molecule has 0 saturated heterocycles. The Morgan fingerprint density at radius 2 is 2.11 bits per heavy atom. The fourth-order valence-corrected chi connectivity index (χ4v) is 2.23. The molecule has 0 bridgehead atoms. The summed E-state index contributed by atoms with van der Waals surface area (Å²) in [6.45, 7) is 2.71. The molecule has 0 unspecified atom stereocenters. The van der Waals surface area contributed by atoms with Crippen molar-refractivity contribution in [3.05, 3.63) is 27.2 Å². The molecule has 1 N–H and O–H groups in total. The first-order chi connectivity index (χ1) is 8.41. The Morgan fingerprint density at radius 3 is 2.72 bits per heavy atom. The molecule has 0 heterocycles. The van der Waals surface area contributed by atoms with Crippen LogP contribution in [0.25, 0.3) is 0 Å². The van der Waals surface area contributed by atoms with E-state index in [9.17, 15) is 4.79 Å². The molecule has 0 radical (unpaired) electrons. The van der Waals surface area contributed by atoms with Gasteiger partial charge in [-0.05, 0) is 47.0 Å². The molecule has 5 heteroatoms. The van der Waals surface area contributed by atoms with Gasteiger partial charge in [0.15, 0.2) is 0 Å². The molecule has 0 aliphatic rings. The van der Waals surface area contributed by atoms with Crippen LogP contribution in [-0.4, -0.2) is 31.4 Å². The SMILES string of the molecule is Cc1cc(Br)c(NCCCC(=O)N(C)C)cc1Cl. The van der Waals surface area contributed by atoms with Crippen LogP contribution in [0, 0.1) is 6.92 Å². The quantitative estimate of drug-likeness (QED) is 0.834. The molecule has 0 saturated carbocycles. The number of carbonyl (C=O) groups excluding carboxylic acids is 1. The van der Waals surface area contributed by atoms with E-state index >= 15 is 0 Å². The average molecular weight is 334 g/mol. The van der Waals surface area contributed by atoms with Crippen LogP contribution in [0.5, 0.6) is 0 Å². The molecule has 1 aromatic carbocycles. The van der Waals surface area contributed by atoms with Gasteiger partial charge in [0.25, 0.3) is 0 Å². The van der Waals surface area contributed by atoms with Crippen molar-refractivity contribution in [3.8, 4) is 0 Å². The molecule has 0 spiro atoms. The van der Waals surface area contributed by atoms with E-state index in [1.165, 1.54) is 0 Å². The number of carbonyl (C=O) groups is 1. The second-order valence-corrected chi connectivity index (χ2v) is 5.66. The monoisotopic (exact) mass is 332 g/mol. The van der Waals surface area contributed by atoms with E-state index in [0.717, 1.165) is 33.7 Å². The summed E-state index contributed by atoms with van der Waals surface area (Å²) >= 11 is 9.56. The third-order valence-corrected chi connectivity index (χ3v) is 3.69. The maximum Gasteiger partial charge on any atom is 0.222 e. The first-order valence-corrected chi connectivity index (χ1v) is 6.98. The standard InChI is InChI=1S/C13H18BrClN2O/c1-9-7-10(14)12(8-11(9)15)16-6-4-5-13(18)17(2)3/h7-8,16H,4-6H2,1-3H3. The van der Waals surface area contributed by atoms with E-state index in [4.69, 9.17) is 11.6 Å². The topological polar surface area (TPSA) is 32.3 Å². The summed E-state index contributed by atoms with van der Waals surface area (Å²) in [6, 6.07) is 3.88. The number of amides is 1. The predicted molar refractivity (Wildman–Crippen MR) is 80.3 cm³/mol. The second-order valence-electron chi connectivity index (χ2n) is 4.40. The number of hydrogen-bond acceptors (Lipinski definition) is 2. The van der Waals surface area contributed by atoms with Crippen molar-refractivity contribution in [2.75, 3.05) is 26.0 Å². The maximum absolute atomic E-state index is 11.4. The van der Waals surface area contributed by atoms with Crippen molar-refractivity contribution in [1.29, 1.82) is 0 Å². The van der Waals surface area contributed by atoms with Gasteiger partial charge in [0.1, 0.15) is 0 Å². The van der Waals surface area contributed by atoms with Gasteiger partial charge in [0, 0.05) is 42.2 Å². The third-order valence-electron chi connectivity index (χ3n) is 2.63. The molecule has 0 aliphatic carbocycles. The normalized spacial score (nSPS) is 10.3. The van der Waals surface area contributed by atoms with Gasteiger partial charge in [0.05, 0.1) is 0 Å². The molecule has 100 valence electrons. The Bertz CT molecular complexity index is 435. The first kappa shape index (κ1) is 15.3. The van der Waals surface area contributed by atoms with Gasteiger partial charge in [-0.25, -0.2) is 0 Å². The highest BCUT2D eigenvalue weighted by Crippen LogP contribution is 2.29. The van der Waals surface area contributed by atoms with E-state index in [2.05, 4.69) is 21.2 Å². The predicted octanol–water partition coefficient (Wildman–Crippen LogP) is 3.69. The largest absolute Gasteiger partial charge is 0.384 e. The van der Waals surface area contributed by atoms with Crippen molar-refractivity contribution in [2.45, 2.75) is 19.8 Å². The summed E-state index contributed by atoms with van der Waals surface area (Å²) in [6.07, 6.45) is 1.35. The lowest BCUT2D eigenvalue weighted by atomic mass is 10.2. The number of rotatable bonds is 5. The zero-order valence-corrected chi connectivity index (χ0v) is 13.2. The van der Waals surface area contributed by atoms with Gasteiger partial charge in [-0.3, -0.25) is 4.79 Å². The van der Waals surface area contributed by atoms with E-state index in [1.807, 2.05) is 19.1 Å². The van der Waals surface area contributed by atoms with E-state index < -0.39 is 0 Å². The zero-order valence-electron chi connectivity index (χ0n) is 10.9. The van der Waals surface area contributed by atoms with Gasteiger partial charge >= 0.3 is 0 Å². The summed E-state index contributed by atoms with van der Waals surface area (Å²) in [5.41, 5.74) is 2.00. The lowest BCUT2D eigenvalue weighted by molar-refractivity contribution is -0.128. The highest BCUT2D eigenvalue weighted by Gasteiger charge is 2.05. The number of halogens is 2. The van der Waals surface area contributed by atoms with Crippen LogP contribution in [-0.2, 0) is 4.79 Å². The van der Waals surface area contributed by atoms with Crippen molar-refractivity contribution in [3.63, 3.8) is 0 Å². The Balaban J connectivity index is 2.45. The molecule has 0 aromatic heterocycles. The molecule has 0 atom stereocenters. The Labute approximate surface area is 122 Å². The van der Waals surface area contributed by atoms with Crippen LogP contribution in [0.1, 0.15) is 18.4 Å². The van der Waals surface area contributed by atoms with Crippen molar-refractivity contribution < 1.29 is 4.79 Å². The van der Waals surface area contributed by atoms with Gasteiger partial charge in [-0.2, -0.15) is 0 Å². The number of anilines is 1. The van der Waals surface area contributed by atoms with Crippen molar-refractivity contribution >= 4 is 39.1 Å². The summed E-state index contributed by atoms with van der Waals surface area (Å²) in [5.74, 6) is 0.151. The Morgan fingerprint density at radius 1 is 1.44 bits per heavy atom. The Hall–Kier alpha value is -0.740. The van der Waals surface area contributed by atoms with Crippen LogP contribution >= 0.6 is 27.5 Å². The maximum atomic E-state index is 11.4. The first-order valence-electron chi connectivity index (χ1n) is 5.81. The summed E-state index contributed by atoms with van der Waals surface area (Å²) in [4.78, 5) is 13.0. The highest BCUT2D eigenvalue weighted by molar-refractivity contribution is 9.10. The van der Waals surface area contributed by atoms with E-state index in [1.54, 1.807) is 19.0 Å². The molecular formula is C13H18BrClN2O. The fourth-order valence-electron chi connectivity index (χ4n) is 1.47. The van der Waals surface area contributed by atoms with Crippen LogP contribution in [0.2, 0.25) is 5.02 Å². The smallest absolute Gasteiger partial charge is 0.222 e. The minimum Gasteiger partial charge on any atom is -0.384 e. The zero-order chi connectivity index (χ0) is 13.7. The van der Waals surface area contributed by atoms with Gasteiger partial charge in [-0.1, -0.05) is 11.6 Å². The van der Waals surface area contributed by atoms with Crippen LogP contribution < -0.4 is 5.32 Å². The van der Waals surface area contributed by atoms with Crippen molar-refractivity contribution in [2.24, 2.45) is 0 Å². The minimum absolute atomic E-state index is 0.151. The summed E-state index contributed by atoms with van der Waals surface area (Å²) < 4.78 is 0.989. The molecule has 1 amide bonds. The fraction of sp³-hybridized carbons (Fsp3) is 0.462. The van der Waals surface area contributed by atoms with Crippen LogP contribution in [0.4, 0.5) is 5.69 Å². The number of nitrogens with zero attached hydrogens (tertiary/aromatic N) is 1. The summed E-state index contributed by atoms with van der Waals surface area (Å²) in [5, 5.41) is 4.01. The molecular weight excluding hydrogens is 316 g/mol. The van der Waals surface area contributed by atoms with Gasteiger partial charge < -0.3 is 10.2 Å². The molecule has 1 rings (SSSR count). The minimum atomic E-state index is 0.151. The molecule has 0 aliphatic heterocycles. The number of hydrogen-bond donors (Lipinski definition) is 1. The Kier molecular flexibility index (Phi) is 5.96. The second kappa shape index (κ2) is 7.00. The number of aryl methyl sites for hydroxylation is 1. The van der Waals surface area contributed by atoms with E-state index in [0.29, 0.717) is 6.42 Å². The third kappa shape index (κ3) is 4.50. The van der Waals surface area contributed by atoms with Gasteiger partial charge in [-0.15, -0.1) is 0 Å². The summed E-state index contributed by atoms with van der Waals surface area (Å²) in [7, 11) is 3.54. The van der Waals surface area contributed by atoms with Crippen LogP contribution in [0.3, 0.4) is 0 Å². The lowest BCUT2D eigenvalue weighted by Gasteiger charge is -2.12. The highest BCUT2D eigenvalue weighted by atomic mass is 79.9. The average Bonchev–Trinajstić information content (AvgIpc) is 2.30. The molecule has 0 fully saturated rings. The molecule has 18 heavy (non-hydrogen) atoms. The van der Waals surface area contributed by atoms with Gasteiger partial charge in [0.2, 0.25) is 5.91 Å². The molecule has 3 nitrogen and oxygen atoms in total. The van der Waals surface area contributed by atoms with E-state index in [-0.39, 0.29) is 5.91 Å². The van der Waals surface area contributed by atoms with Crippen LogP contribution in [0.15, 0.2) is 16.6 Å². The number of benzene rings is 1. The van der Waals surface area contributed by atoms with Crippen molar-refractivity contribution in [1.82, 2.24) is 4.90 Å². The molecule has 1 aromatic rings. The number of nitrogens with one attached hydrogen (secondary N) is 1. The lowest BCUT2D eigenvalue weighted by Crippen LogP contribution is -2.22.